The number of hydrogen-bond donors (Lipinski definition) is 1. The van der Waals surface area contributed by atoms with Gasteiger partial charge in [-0.2, -0.15) is 0 Å². The summed E-state index contributed by atoms with van der Waals surface area (Å²) in [6.45, 7) is 1.70. The van der Waals surface area contributed by atoms with Gasteiger partial charge in [0.1, 0.15) is 11.6 Å². The molecule has 32 heavy (non-hydrogen) atoms. The van der Waals surface area contributed by atoms with E-state index in [0.29, 0.717) is 21.5 Å². The van der Waals surface area contributed by atoms with Gasteiger partial charge >= 0.3 is 0 Å². The van der Waals surface area contributed by atoms with Crippen LogP contribution in [0.25, 0.3) is 10.2 Å². The van der Waals surface area contributed by atoms with E-state index in [2.05, 4.69) is 20.9 Å². The van der Waals surface area contributed by atoms with Crippen molar-refractivity contribution in [2.75, 3.05) is 4.90 Å². The molecule has 0 aliphatic carbocycles. The summed E-state index contributed by atoms with van der Waals surface area (Å²) in [5.41, 5.74) is 1.01. The molecule has 2 aromatic carbocycles. The molecule has 6 nitrogen and oxygen atoms in total. The van der Waals surface area contributed by atoms with Crippen molar-refractivity contribution in [3.05, 3.63) is 93.3 Å². The van der Waals surface area contributed by atoms with Crippen LogP contribution in [0.4, 0.5) is 9.52 Å². The number of rotatable bonds is 4. The Morgan fingerprint density at radius 3 is 2.62 bits per heavy atom. The lowest BCUT2D eigenvalue weighted by Crippen LogP contribution is -2.30. The van der Waals surface area contributed by atoms with Gasteiger partial charge in [0.05, 0.1) is 21.8 Å². The first-order chi connectivity index (χ1) is 15.3. The molecule has 1 amide bonds. The fourth-order valence-corrected chi connectivity index (χ4v) is 4.96. The zero-order valence-corrected chi connectivity index (χ0v) is 18.9. The molecular weight excluding hydrogens is 499 g/mol. The molecule has 0 saturated carbocycles. The molecule has 0 bridgehead atoms. The summed E-state index contributed by atoms with van der Waals surface area (Å²) in [6, 6.07) is 13.4. The molecule has 0 radical (unpaired) electrons. The van der Waals surface area contributed by atoms with Crippen LogP contribution in [0.2, 0.25) is 0 Å². The van der Waals surface area contributed by atoms with Gasteiger partial charge in [-0.1, -0.05) is 39.4 Å². The third kappa shape index (κ3) is 3.34. The Hall–Kier alpha value is -3.30. The van der Waals surface area contributed by atoms with E-state index >= 15 is 0 Å². The standard InChI is InChI=1S/C23H14BrFN2O4S/c1-11-2-9-16(31-11)20(28)18-19(12-3-5-13(24)6-4-12)27(22(30)21(18)29)23-26-15-8-7-14(25)10-17(15)32-23/h2-10,19,29H,1H3/t19-/m1/s1. The van der Waals surface area contributed by atoms with Gasteiger partial charge in [0.25, 0.3) is 5.91 Å². The molecule has 1 N–H and O–H groups in total. The number of furan rings is 1. The van der Waals surface area contributed by atoms with Crippen LogP contribution in [-0.2, 0) is 4.79 Å². The largest absolute Gasteiger partial charge is 0.503 e. The summed E-state index contributed by atoms with van der Waals surface area (Å²) in [4.78, 5) is 32.2. The van der Waals surface area contributed by atoms with E-state index in [4.69, 9.17) is 4.42 Å². The van der Waals surface area contributed by atoms with Crippen molar-refractivity contribution in [3.8, 4) is 0 Å². The number of hydrogen-bond acceptors (Lipinski definition) is 6. The van der Waals surface area contributed by atoms with Crippen LogP contribution in [-0.4, -0.2) is 21.8 Å². The molecule has 0 unspecified atom stereocenters. The summed E-state index contributed by atoms with van der Waals surface area (Å²) >= 11 is 4.48. The molecule has 1 aliphatic heterocycles. The highest BCUT2D eigenvalue weighted by molar-refractivity contribution is 9.10. The first-order valence-corrected chi connectivity index (χ1v) is 11.1. The normalized spacial score (nSPS) is 16.4. The Morgan fingerprint density at radius 1 is 1.19 bits per heavy atom. The Morgan fingerprint density at radius 2 is 1.94 bits per heavy atom. The van der Waals surface area contributed by atoms with Gasteiger partial charge < -0.3 is 9.52 Å². The predicted molar refractivity (Wildman–Crippen MR) is 121 cm³/mol. The van der Waals surface area contributed by atoms with E-state index in [1.165, 1.54) is 29.2 Å². The number of amides is 1. The summed E-state index contributed by atoms with van der Waals surface area (Å²) in [5.74, 6) is -1.89. The molecule has 3 heterocycles. The topological polar surface area (TPSA) is 83.6 Å². The number of nitrogens with zero attached hydrogens (tertiary/aromatic N) is 2. The predicted octanol–water partition coefficient (Wildman–Crippen LogP) is 5.88. The zero-order chi connectivity index (χ0) is 22.6. The number of thiazole rings is 1. The number of aromatic nitrogens is 1. The van der Waals surface area contributed by atoms with Gasteiger partial charge in [0, 0.05) is 4.47 Å². The average molecular weight is 513 g/mol. The summed E-state index contributed by atoms with van der Waals surface area (Å²) in [5, 5.41) is 11.0. The van der Waals surface area contributed by atoms with Crippen LogP contribution < -0.4 is 4.90 Å². The third-order valence-electron chi connectivity index (χ3n) is 5.15. The van der Waals surface area contributed by atoms with E-state index in [1.807, 2.05) is 0 Å². The number of aliphatic hydroxyl groups is 1. The van der Waals surface area contributed by atoms with Gasteiger partial charge in [0.2, 0.25) is 5.78 Å². The summed E-state index contributed by atoms with van der Waals surface area (Å²) in [6.07, 6.45) is 0. The van der Waals surface area contributed by atoms with Gasteiger partial charge in [-0.3, -0.25) is 14.5 Å². The number of Topliss-reactive ketones (excluding diaryl/α,β-unsaturated/α-hetero) is 1. The number of aryl methyl sites for hydroxylation is 1. The second-order valence-electron chi connectivity index (χ2n) is 7.24. The maximum atomic E-state index is 13.7. The van der Waals surface area contributed by atoms with Crippen molar-refractivity contribution < 1.29 is 23.5 Å². The van der Waals surface area contributed by atoms with Crippen LogP contribution in [0.1, 0.15) is 27.9 Å². The summed E-state index contributed by atoms with van der Waals surface area (Å²) in [7, 11) is 0. The number of fused-ring (bicyclic) bond motifs is 1. The fourth-order valence-electron chi connectivity index (χ4n) is 3.67. The highest BCUT2D eigenvalue weighted by Crippen LogP contribution is 2.44. The minimum absolute atomic E-state index is 0.0205. The number of carbonyl (C=O) groups excluding carboxylic acids is 2. The van der Waals surface area contributed by atoms with Gasteiger partial charge in [-0.05, 0) is 55.0 Å². The summed E-state index contributed by atoms with van der Waals surface area (Å²) < 4.78 is 20.5. The number of halogens is 2. The van der Waals surface area contributed by atoms with Gasteiger partial charge in [-0.25, -0.2) is 9.37 Å². The highest BCUT2D eigenvalue weighted by atomic mass is 79.9. The van der Waals surface area contributed by atoms with E-state index in [1.54, 1.807) is 37.3 Å². The molecule has 5 rings (SSSR count). The number of benzene rings is 2. The van der Waals surface area contributed by atoms with Crippen molar-refractivity contribution in [2.24, 2.45) is 0 Å². The Labute approximate surface area is 193 Å². The van der Waals surface area contributed by atoms with Crippen molar-refractivity contribution >= 4 is 54.3 Å². The molecule has 0 saturated heterocycles. The van der Waals surface area contributed by atoms with Crippen LogP contribution in [0, 0.1) is 12.7 Å². The number of aliphatic hydroxyl groups excluding tert-OH is 1. The van der Waals surface area contributed by atoms with E-state index in [0.717, 1.165) is 15.8 Å². The first-order valence-electron chi connectivity index (χ1n) is 9.53. The first kappa shape index (κ1) is 20.6. The molecule has 160 valence electrons. The van der Waals surface area contributed by atoms with Gasteiger partial charge in [-0.15, -0.1) is 0 Å². The average Bonchev–Trinajstić information content (AvgIpc) is 3.44. The number of anilines is 1. The third-order valence-corrected chi connectivity index (χ3v) is 6.69. The fraction of sp³-hybridized carbons (Fsp3) is 0.0870. The highest BCUT2D eigenvalue weighted by Gasteiger charge is 2.46. The Kier molecular flexibility index (Phi) is 4.94. The minimum Gasteiger partial charge on any atom is -0.503 e. The second-order valence-corrected chi connectivity index (χ2v) is 9.16. The Bertz CT molecular complexity index is 1420. The lowest BCUT2D eigenvalue weighted by molar-refractivity contribution is -0.117. The van der Waals surface area contributed by atoms with Crippen molar-refractivity contribution in [1.82, 2.24) is 4.98 Å². The minimum atomic E-state index is -0.932. The molecular formula is C23H14BrFN2O4S. The molecule has 1 aliphatic rings. The lowest BCUT2D eigenvalue weighted by atomic mass is 9.95. The van der Waals surface area contributed by atoms with E-state index < -0.39 is 29.3 Å². The Balaban J connectivity index is 1.68. The molecule has 9 heteroatoms. The van der Waals surface area contributed by atoms with Gasteiger partial charge in [0.15, 0.2) is 16.7 Å². The van der Waals surface area contributed by atoms with Crippen LogP contribution in [0.5, 0.6) is 0 Å². The van der Waals surface area contributed by atoms with Crippen molar-refractivity contribution in [1.29, 1.82) is 0 Å². The maximum Gasteiger partial charge on any atom is 0.296 e. The van der Waals surface area contributed by atoms with Crippen LogP contribution in [0.3, 0.4) is 0 Å². The number of carbonyl (C=O) groups is 2. The number of ketones is 1. The molecule has 2 aromatic heterocycles. The van der Waals surface area contributed by atoms with Crippen molar-refractivity contribution in [3.63, 3.8) is 0 Å². The lowest BCUT2D eigenvalue weighted by Gasteiger charge is -2.24. The maximum absolute atomic E-state index is 13.7. The monoisotopic (exact) mass is 512 g/mol. The van der Waals surface area contributed by atoms with E-state index in [-0.39, 0.29) is 16.5 Å². The van der Waals surface area contributed by atoms with Crippen molar-refractivity contribution in [2.45, 2.75) is 13.0 Å². The zero-order valence-electron chi connectivity index (χ0n) is 16.5. The van der Waals surface area contributed by atoms with Crippen LogP contribution in [0.15, 0.2) is 74.8 Å². The SMILES string of the molecule is Cc1ccc(C(=O)C2=C(O)C(=O)N(c3nc4ccc(F)cc4s3)[C@@H]2c2ccc(Br)cc2)o1. The second kappa shape index (κ2) is 7.68. The van der Waals surface area contributed by atoms with Crippen LogP contribution >= 0.6 is 27.3 Å². The molecule has 0 fully saturated rings. The van der Waals surface area contributed by atoms with E-state index in [9.17, 15) is 19.1 Å². The molecule has 1 atom stereocenters. The smallest absolute Gasteiger partial charge is 0.296 e. The molecule has 0 spiro atoms. The quantitative estimate of drug-likeness (QED) is 0.345. The molecule has 4 aromatic rings.